The number of halogens is 4. The molecule has 162 valence electrons. The van der Waals surface area contributed by atoms with Crippen molar-refractivity contribution >= 4 is 23.3 Å². The topological polar surface area (TPSA) is 97.5 Å². The predicted octanol–water partition coefficient (Wildman–Crippen LogP) is 5.16. The molecule has 2 aromatic carbocycles. The maximum Gasteiger partial charge on any atom is 0.573 e. The van der Waals surface area contributed by atoms with Gasteiger partial charge in [0.1, 0.15) is 5.75 Å². The van der Waals surface area contributed by atoms with Gasteiger partial charge in [0.15, 0.2) is 0 Å². The maximum atomic E-state index is 12.5. The van der Waals surface area contributed by atoms with Crippen LogP contribution < -0.4 is 10.1 Å². The van der Waals surface area contributed by atoms with Crippen molar-refractivity contribution in [2.75, 3.05) is 5.32 Å². The summed E-state index contributed by atoms with van der Waals surface area (Å²) >= 11 is 5.77. The van der Waals surface area contributed by atoms with Crippen LogP contribution in [0.15, 0.2) is 40.9 Å². The SMILES string of the molecule is O=C(O)CC[C@@H]1Cc2cc(-c3noc(-c4ccc(Cl)c(OC(F)(F)F)c4)n3)ccc2N1. The molecule has 1 atom stereocenters. The van der Waals surface area contributed by atoms with E-state index in [1.807, 2.05) is 12.1 Å². The molecule has 0 saturated carbocycles. The zero-order valence-electron chi connectivity index (χ0n) is 15.7. The predicted molar refractivity (Wildman–Crippen MR) is 105 cm³/mol. The van der Waals surface area contributed by atoms with E-state index in [-0.39, 0.29) is 34.8 Å². The molecule has 7 nitrogen and oxygen atoms in total. The number of carboxylic acid groups (broad SMARTS) is 1. The van der Waals surface area contributed by atoms with Gasteiger partial charge in [-0.3, -0.25) is 4.79 Å². The summed E-state index contributed by atoms with van der Waals surface area (Å²) in [5.74, 6) is -1.14. The normalized spacial score (nSPS) is 15.4. The molecule has 0 aliphatic carbocycles. The number of alkyl halides is 3. The molecule has 4 rings (SSSR count). The van der Waals surface area contributed by atoms with Crippen molar-refractivity contribution in [2.24, 2.45) is 0 Å². The van der Waals surface area contributed by atoms with E-state index >= 15 is 0 Å². The molecule has 0 saturated heterocycles. The lowest BCUT2D eigenvalue weighted by Crippen LogP contribution is -2.17. The van der Waals surface area contributed by atoms with E-state index in [1.165, 1.54) is 12.1 Å². The van der Waals surface area contributed by atoms with E-state index < -0.39 is 18.1 Å². The summed E-state index contributed by atoms with van der Waals surface area (Å²) in [6.07, 6.45) is -3.64. The number of nitrogens with one attached hydrogen (secondary N) is 1. The van der Waals surface area contributed by atoms with Crippen molar-refractivity contribution in [1.29, 1.82) is 0 Å². The quantitative estimate of drug-likeness (QED) is 0.532. The lowest BCUT2D eigenvalue weighted by molar-refractivity contribution is -0.274. The summed E-state index contributed by atoms with van der Waals surface area (Å²) in [5, 5.41) is 15.8. The molecule has 0 unspecified atom stereocenters. The van der Waals surface area contributed by atoms with Gasteiger partial charge in [-0.1, -0.05) is 16.8 Å². The van der Waals surface area contributed by atoms with E-state index in [0.717, 1.165) is 17.3 Å². The molecule has 2 N–H and O–H groups in total. The van der Waals surface area contributed by atoms with Gasteiger partial charge in [0, 0.05) is 29.3 Å². The van der Waals surface area contributed by atoms with Gasteiger partial charge in [-0.15, -0.1) is 13.2 Å². The lowest BCUT2D eigenvalue weighted by Gasteiger charge is -2.10. The fraction of sp³-hybridized carbons (Fsp3) is 0.250. The highest BCUT2D eigenvalue weighted by Gasteiger charge is 2.32. The van der Waals surface area contributed by atoms with Gasteiger partial charge < -0.3 is 19.7 Å². The van der Waals surface area contributed by atoms with Gasteiger partial charge in [-0.05, 0) is 54.8 Å². The van der Waals surface area contributed by atoms with Gasteiger partial charge in [-0.2, -0.15) is 4.98 Å². The highest BCUT2D eigenvalue weighted by molar-refractivity contribution is 6.32. The lowest BCUT2D eigenvalue weighted by atomic mass is 10.0. The van der Waals surface area contributed by atoms with Crippen LogP contribution in [-0.4, -0.2) is 33.6 Å². The molecular formula is C20H15ClF3N3O4. The smallest absolute Gasteiger partial charge is 0.481 e. The van der Waals surface area contributed by atoms with Crippen molar-refractivity contribution in [1.82, 2.24) is 10.1 Å². The van der Waals surface area contributed by atoms with Crippen molar-refractivity contribution in [3.05, 3.63) is 47.0 Å². The Morgan fingerprint density at radius 1 is 1.26 bits per heavy atom. The summed E-state index contributed by atoms with van der Waals surface area (Å²) in [6, 6.07) is 9.30. The Morgan fingerprint density at radius 2 is 2.03 bits per heavy atom. The number of hydrogen-bond acceptors (Lipinski definition) is 6. The minimum Gasteiger partial charge on any atom is -0.481 e. The average molecular weight is 454 g/mol. The van der Waals surface area contributed by atoms with Crippen LogP contribution in [0.1, 0.15) is 18.4 Å². The molecule has 3 aromatic rings. The minimum absolute atomic E-state index is 0.0108. The number of fused-ring (bicyclic) bond motifs is 1. The van der Waals surface area contributed by atoms with Gasteiger partial charge >= 0.3 is 12.3 Å². The third-order valence-electron chi connectivity index (χ3n) is 4.73. The van der Waals surface area contributed by atoms with E-state index in [4.69, 9.17) is 21.2 Å². The van der Waals surface area contributed by atoms with E-state index in [1.54, 1.807) is 6.07 Å². The van der Waals surface area contributed by atoms with Gasteiger partial charge in [0.25, 0.3) is 5.89 Å². The zero-order valence-corrected chi connectivity index (χ0v) is 16.5. The monoisotopic (exact) mass is 453 g/mol. The summed E-state index contributed by atoms with van der Waals surface area (Å²) in [5.41, 5.74) is 2.79. The summed E-state index contributed by atoms with van der Waals surface area (Å²) in [4.78, 5) is 15.0. The number of carbonyl (C=O) groups is 1. The molecule has 0 amide bonds. The first-order chi connectivity index (χ1) is 14.7. The van der Waals surface area contributed by atoms with Crippen molar-refractivity contribution in [3.8, 4) is 28.6 Å². The summed E-state index contributed by atoms with van der Waals surface area (Å²) < 4.78 is 46.7. The number of aromatic nitrogens is 2. The van der Waals surface area contributed by atoms with Crippen LogP contribution in [0.4, 0.5) is 18.9 Å². The second-order valence-electron chi connectivity index (χ2n) is 6.97. The molecule has 0 fully saturated rings. The number of benzene rings is 2. The maximum absolute atomic E-state index is 12.5. The first-order valence-electron chi connectivity index (χ1n) is 9.19. The Balaban J connectivity index is 1.54. The first kappa shape index (κ1) is 21.0. The van der Waals surface area contributed by atoms with Crippen LogP contribution in [0.5, 0.6) is 5.75 Å². The number of ether oxygens (including phenoxy) is 1. The number of anilines is 1. The molecule has 31 heavy (non-hydrogen) atoms. The van der Waals surface area contributed by atoms with Crippen LogP contribution in [0.3, 0.4) is 0 Å². The Labute approximate surface area is 178 Å². The molecule has 2 heterocycles. The summed E-state index contributed by atoms with van der Waals surface area (Å²) in [7, 11) is 0. The molecule has 0 bridgehead atoms. The average Bonchev–Trinajstić information content (AvgIpc) is 3.33. The highest BCUT2D eigenvalue weighted by atomic mass is 35.5. The molecule has 0 spiro atoms. The van der Waals surface area contributed by atoms with Crippen molar-refractivity contribution in [3.63, 3.8) is 0 Å². The van der Waals surface area contributed by atoms with Crippen LogP contribution >= 0.6 is 11.6 Å². The summed E-state index contributed by atoms with van der Waals surface area (Å²) in [6.45, 7) is 0. The Kier molecular flexibility index (Phi) is 5.48. The third kappa shape index (κ3) is 4.91. The number of hydrogen-bond donors (Lipinski definition) is 2. The minimum atomic E-state index is -4.89. The van der Waals surface area contributed by atoms with Crippen LogP contribution in [0.25, 0.3) is 22.8 Å². The Morgan fingerprint density at radius 3 is 2.77 bits per heavy atom. The molecule has 1 aromatic heterocycles. The molecule has 1 aliphatic rings. The second-order valence-corrected chi connectivity index (χ2v) is 7.37. The number of nitrogens with zero attached hydrogens (tertiary/aromatic N) is 2. The number of rotatable bonds is 6. The first-order valence-corrected chi connectivity index (χ1v) is 9.57. The number of aliphatic carboxylic acids is 1. The third-order valence-corrected chi connectivity index (χ3v) is 5.04. The fourth-order valence-electron chi connectivity index (χ4n) is 3.35. The highest BCUT2D eigenvalue weighted by Crippen LogP contribution is 2.35. The largest absolute Gasteiger partial charge is 0.573 e. The molecule has 1 aliphatic heterocycles. The van der Waals surface area contributed by atoms with E-state index in [2.05, 4.69) is 20.2 Å². The van der Waals surface area contributed by atoms with E-state index in [9.17, 15) is 18.0 Å². The van der Waals surface area contributed by atoms with Crippen molar-refractivity contribution in [2.45, 2.75) is 31.7 Å². The van der Waals surface area contributed by atoms with E-state index in [0.29, 0.717) is 18.4 Å². The number of carboxylic acids is 1. The standard InChI is InChI=1S/C20H15ClF3N3O4/c21-14-4-1-11(9-16(14)30-20(22,23)24)19-26-18(27-31-19)10-2-5-15-12(7-10)8-13(25-15)3-6-17(28)29/h1-2,4-5,7,9,13,25H,3,6,8H2,(H,28,29)/t13-/m1/s1. The van der Waals surface area contributed by atoms with Crippen molar-refractivity contribution < 1.29 is 32.3 Å². The van der Waals surface area contributed by atoms with Crippen LogP contribution in [-0.2, 0) is 11.2 Å². The zero-order chi connectivity index (χ0) is 22.2. The second kappa shape index (κ2) is 8.10. The Hall–Kier alpha value is -3.27. The van der Waals surface area contributed by atoms with Crippen LogP contribution in [0.2, 0.25) is 5.02 Å². The van der Waals surface area contributed by atoms with Gasteiger partial charge in [0.05, 0.1) is 5.02 Å². The van der Waals surface area contributed by atoms with Crippen LogP contribution in [0, 0.1) is 0 Å². The molecular weight excluding hydrogens is 439 g/mol. The van der Waals surface area contributed by atoms with Gasteiger partial charge in [-0.25, -0.2) is 0 Å². The molecule has 11 heteroatoms. The van der Waals surface area contributed by atoms with Gasteiger partial charge in [0.2, 0.25) is 5.82 Å². The Bertz CT molecular complexity index is 1130. The fourth-order valence-corrected chi connectivity index (χ4v) is 3.50. The molecule has 0 radical (unpaired) electrons.